The van der Waals surface area contributed by atoms with Crippen LogP contribution in [0.25, 0.3) is 0 Å². The van der Waals surface area contributed by atoms with E-state index in [2.05, 4.69) is 12.2 Å². The smallest absolute Gasteiger partial charge is 0.337 e. The molecule has 1 amide bonds. The highest BCUT2D eigenvalue weighted by Crippen LogP contribution is 2.22. The molecule has 0 saturated carbocycles. The van der Waals surface area contributed by atoms with Gasteiger partial charge < -0.3 is 15.2 Å². The number of carbonyl (C=O) groups is 2. The van der Waals surface area contributed by atoms with E-state index in [0.29, 0.717) is 24.5 Å². The van der Waals surface area contributed by atoms with Crippen molar-refractivity contribution in [3.05, 3.63) is 59.2 Å². The number of halogens is 2. The van der Waals surface area contributed by atoms with E-state index >= 15 is 0 Å². The minimum atomic E-state index is -1.48. The molecule has 0 heterocycles. The molecule has 0 fully saturated rings. The molecule has 2 aromatic rings. The zero-order valence-electron chi connectivity index (χ0n) is 16.3. The highest BCUT2D eigenvalue weighted by Gasteiger charge is 2.18. The average Bonchev–Trinajstić information content (AvgIpc) is 2.70. The maximum atomic E-state index is 13.5. The summed E-state index contributed by atoms with van der Waals surface area (Å²) < 4.78 is 32.4. The van der Waals surface area contributed by atoms with Crippen LogP contribution in [-0.2, 0) is 0 Å². The van der Waals surface area contributed by atoms with Gasteiger partial charge in [-0.1, -0.05) is 45.1 Å². The number of ether oxygens (including phenoxy) is 1. The summed E-state index contributed by atoms with van der Waals surface area (Å²) in [6.07, 6.45) is 6.81. The Morgan fingerprint density at radius 1 is 1.00 bits per heavy atom. The third-order valence-electron chi connectivity index (χ3n) is 4.40. The molecule has 0 aliphatic rings. The van der Waals surface area contributed by atoms with Gasteiger partial charge in [-0.3, -0.25) is 4.79 Å². The Hall–Kier alpha value is -2.96. The topological polar surface area (TPSA) is 75.6 Å². The van der Waals surface area contributed by atoms with Gasteiger partial charge in [-0.15, -0.1) is 0 Å². The summed E-state index contributed by atoms with van der Waals surface area (Å²) in [5.41, 5.74) is -0.640. The molecular weight excluding hydrogens is 380 g/mol. The second-order valence-corrected chi connectivity index (χ2v) is 6.72. The molecular formula is C22H25F2NO4. The van der Waals surface area contributed by atoms with E-state index in [-0.39, 0.29) is 11.3 Å². The first-order valence-electron chi connectivity index (χ1n) is 9.69. The van der Waals surface area contributed by atoms with Crippen LogP contribution in [0.4, 0.5) is 14.5 Å². The van der Waals surface area contributed by atoms with Gasteiger partial charge in [0.1, 0.15) is 5.75 Å². The van der Waals surface area contributed by atoms with Gasteiger partial charge in [0.15, 0.2) is 11.6 Å². The van der Waals surface area contributed by atoms with E-state index in [1.165, 1.54) is 37.8 Å². The first-order chi connectivity index (χ1) is 13.9. The summed E-state index contributed by atoms with van der Waals surface area (Å²) in [5, 5.41) is 11.5. The lowest BCUT2D eigenvalue weighted by Gasteiger charge is -2.11. The monoisotopic (exact) mass is 405 g/mol. The number of amides is 1. The number of unbranched alkanes of at least 4 members (excludes halogenated alkanes) is 5. The average molecular weight is 405 g/mol. The van der Waals surface area contributed by atoms with E-state index in [9.17, 15) is 18.4 Å². The van der Waals surface area contributed by atoms with Crippen LogP contribution in [-0.4, -0.2) is 23.6 Å². The number of hydrogen-bond acceptors (Lipinski definition) is 3. The third kappa shape index (κ3) is 6.85. The van der Waals surface area contributed by atoms with E-state index in [1.807, 2.05) is 0 Å². The Kier molecular flexibility index (Phi) is 8.58. The second-order valence-electron chi connectivity index (χ2n) is 6.72. The molecule has 0 unspecified atom stereocenters. The lowest BCUT2D eigenvalue weighted by atomic mass is 10.1. The Morgan fingerprint density at radius 2 is 1.69 bits per heavy atom. The van der Waals surface area contributed by atoms with Gasteiger partial charge in [0.2, 0.25) is 0 Å². The van der Waals surface area contributed by atoms with Crippen molar-refractivity contribution in [1.82, 2.24) is 0 Å². The lowest BCUT2D eigenvalue weighted by Crippen LogP contribution is -2.15. The van der Waals surface area contributed by atoms with Crippen molar-refractivity contribution in [1.29, 1.82) is 0 Å². The number of benzene rings is 2. The van der Waals surface area contributed by atoms with Crippen LogP contribution in [0.15, 0.2) is 36.4 Å². The molecule has 5 nitrogen and oxygen atoms in total. The van der Waals surface area contributed by atoms with Crippen LogP contribution in [0.1, 0.15) is 66.2 Å². The van der Waals surface area contributed by atoms with Gasteiger partial charge in [-0.2, -0.15) is 0 Å². The standard InChI is InChI=1S/C22H25F2NO4/c1-2-3-4-5-6-7-11-29-16-10-8-9-15(12-16)21(26)25-20-14-19(24)18(23)13-17(20)22(27)28/h8-10,12-14H,2-7,11H2,1H3,(H,25,26)(H,27,28). The fourth-order valence-electron chi connectivity index (χ4n) is 2.82. The number of hydrogen-bond donors (Lipinski definition) is 2. The largest absolute Gasteiger partial charge is 0.494 e. The van der Waals surface area contributed by atoms with E-state index in [4.69, 9.17) is 9.84 Å². The Labute approximate surface area is 168 Å². The summed E-state index contributed by atoms with van der Waals surface area (Å²) in [7, 11) is 0. The van der Waals surface area contributed by atoms with Crippen LogP contribution >= 0.6 is 0 Å². The van der Waals surface area contributed by atoms with Crippen molar-refractivity contribution in [2.45, 2.75) is 45.4 Å². The molecule has 0 saturated heterocycles. The quantitative estimate of drug-likeness (QED) is 0.473. The maximum Gasteiger partial charge on any atom is 0.337 e. The molecule has 2 N–H and O–H groups in total. The first kappa shape index (κ1) is 22.3. The third-order valence-corrected chi connectivity index (χ3v) is 4.40. The number of carboxylic acids is 1. The molecule has 2 aromatic carbocycles. The number of anilines is 1. The summed E-state index contributed by atoms with van der Waals surface area (Å²) in [6, 6.07) is 7.58. The molecule has 0 spiro atoms. The van der Waals surface area contributed by atoms with Crippen LogP contribution in [0.5, 0.6) is 5.75 Å². The number of aromatic carboxylic acids is 1. The molecule has 0 bridgehead atoms. The van der Waals surface area contributed by atoms with Crippen molar-refractivity contribution in [3.8, 4) is 5.75 Å². The van der Waals surface area contributed by atoms with Crippen molar-refractivity contribution in [2.24, 2.45) is 0 Å². The maximum absolute atomic E-state index is 13.5. The molecule has 0 aliphatic carbocycles. The van der Waals surface area contributed by atoms with Gasteiger partial charge >= 0.3 is 5.97 Å². The van der Waals surface area contributed by atoms with Gasteiger partial charge in [-0.25, -0.2) is 13.6 Å². The minimum Gasteiger partial charge on any atom is -0.494 e. The Bertz CT molecular complexity index is 855. The van der Waals surface area contributed by atoms with Crippen molar-refractivity contribution < 1.29 is 28.2 Å². The fraction of sp³-hybridized carbons (Fsp3) is 0.364. The van der Waals surface area contributed by atoms with Crippen LogP contribution in [0.3, 0.4) is 0 Å². The molecule has 29 heavy (non-hydrogen) atoms. The highest BCUT2D eigenvalue weighted by atomic mass is 19.2. The lowest BCUT2D eigenvalue weighted by molar-refractivity contribution is 0.0697. The minimum absolute atomic E-state index is 0.214. The van der Waals surface area contributed by atoms with E-state index in [1.54, 1.807) is 12.1 Å². The van der Waals surface area contributed by atoms with Gasteiger partial charge in [0.25, 0.3) is 5.91 Å². The van der Waals surface area contributed by atoms with E-state index < -0.39 is 29.1 Å². The molecule has 0 aromatic heterocycles. The zero-order valence-corrected chi connectivity index (χ0v) is 16.3. The second kappa shape index (κ2) is 11.1. The van der Waals surface area contributed by atoms with Gasteiger partial charge in [0.05, 0.1) is 17.9 Å². The molecule has 0 radical (unpaired) electrons. The zero-order chi connectivity index (χ0) is 21.2. The summed E-state index contributed by atoms with van der Waals surface area (Å²) in [4.78, 5) is 23.7. The van der Waals surface area contributed by atoms with Crippen LogP contribution in [0, 0.1) is 11.6 Å². The Morgan fingerprint density at radius 3 is 2.41 bits per heavy atom. The van der Waals surface area contributed by atoms with Crippen molar-refractivity contribution in [3.63, 3.8) is 0 Å². The number of carboxylic acid groups (broad SMARTS) is 1. The molecule has 7 heteroatoms. The van der Waals surface area contributed by atoms with E-state index in [0.717, 1.165) is 12.8 Å². The van der Waals surface area contributed by atoms with Crippen LogP contribution < -0.4 is 10.1 Å². The molecule has 156 valence electrons. The normalized spacial score (nSPS) is 10.6. The van der Waals surface area contributed by atoms with Crippen LogP contribution in [0.2, 0.25) is 0 Å². The predicted octanol–water partition coefficient (Wildman–Crippen LogP) is 5.65. The summed E-state index contributed by atoms with van der Waals surface area (Å²) in [6.45, 7) is 2.70. The SMILES string of the molecule is CCCCCCCCOc1cccc(C(=O)Nc2cc(F)c(F)cc2C(=O)O)c1. The van der Waals surface area contributed by atoms with Crippen molar-refractivity contribution >= 4 is 17.6 Å². The highest BCUT2D eigenvalue weighted by molar-refractivity contribution is 6.07. The Balaban J connectivity index is 1.98. The fourth-order valence-corrected chi connectivity index (χ4v) is 2.82. The molecule has 0 aliphatic heterocycles. The number of carbonyl (C=O) groups excluding carboxylic acids is 1. The number of rotatable bonds is 11. The number of nitrogens with one attached hydrogen (secondary N) is 1. The molecule has 0 atom stereocenters. The summed E-state index contributed by atoms with van der Waals surface area (Å²) >= 11 is 0. The summed E-state index contributed by atoms with van der Waals surface area (Å²) in [5.74, 6) is -4.17. The van der Waals surface area contributed by atoms with Gasteiger partial charge in [-0.05, 0) is 30.7 Å². The van der Waals surface area contributed by atoms with Gasteiger partial charge in [0, 0.05) is 11.6 Å². The molecule has 2 rings (SSSR count). The predicted molar refractivity (Wildman–Crippen MR) is 107 cm³/mol. The first-order valence-corrected chi connectivity index (χ1v) is 9.69. The van der Waals surface area contributed by atoms with Crippen molar-refractivity contribution in [2.75, 3.05) is 11.9 Å².